The largest absolute Gasteiger partial charge is 0.390 e. The first-order chi connectivity index (χ1) is 7.22. The summed E-state index contributed by atoms with van der Waals surface area (Å²) in [6, 6.07) is 4.21. The Morgan fingerprint density at radius 2 is 2.47 bits per heavy atom. The Kier molecular flexibility index (Phi) is 3.47. The van der Waals surface area contributed by atoms with Crippen molar-refractivity contribution in [3.63, 3.8) is 0 Å². The van der Waals surface area contributed by atoms with E-state index in [1.165, 1.54) is 24.1 Å². The normalized spacial score (nSPS) is 31.7. The molecule has 1 aliphatic rings. The number of rotatable bonds is 3. The molecule has 1 aromatic heterocycles. The Labute approximate surface area is 96.1 Å². The van der Waals surface area contributed by atoms with Crippen molar-refractivity contribution in [3.05, 3.63) is 22.4 Å². The van der Waals surface area contributed by atoms with Gasteiger partial charge in [0, 0.05) is 11.3 Å². The van der Waals surface area contributed by atoms with Gasteiger partial charge < -0.3 is 5.11 Å². The van der Waals surface area contributed by atoms with Crippen molar-refractivity contribution in [1.29, 1.82) is 0 Å². The van der Waals surface area contributed by atoms with Crippen LogP contribution in [0.4, 0.5) is 0 Å². The Hall–Kier alpha value is -0.340. The van der Waals surface area contributed by atoms with Crippen LogP contribution in [-0.4, -0.2) is 10.7 Å². The maximum Gasteiger partial charge on any atom is 0.0698 e. The van der Waals surface area contributed by atoms with Gasteiger partial charge in [-0.25, -0.2) is 0 Å². The second-order valence-corrected chi connectivity index (χ2v) is 5.88. The third-order valence-corrected chi connectivity index (χ3v) is 4.46. The Morgan fingerprint density at radius 1 is 1.60 bits per heavy atom. The van der Waals surface area contributed by atoms with Gasteiger partial charge in [0.1, 0.15) is 0 Å². The van der Waals surface area contributed by atoms with E-state index in [-0.39, 0.29) is 0 Å². The predicted octanol–water partition coefficient (Wildman–Crippen LogP) is 3.62. The van der Waals surface area contributed by atoms with E-state index in [2.05, 4.69) is 24.4 Å². The van der Waals surface area contributed by atoms with Gasteiger partial charge in [-0.1, -0.05) is 32.3 Å². The highest BCUT2D eigenvalue weighted by molar-refractivity contribution is 7.09. The summed E-state index contributed by atoms with van der Waals surface area (Å²) in [4.78, 5) is 1.33. The van der Waals surface area contributed by atoms with Crippen molar-refractivity contribution in [2.75, 3.05) is 0 Å². The van der Waals surface area contributed by atoms with E-state index >= 15 is 0 Å². The van der Waals surface area contributed by atoms with Crippen LogP contribution in [0.15, 0.2) is 17.5 Å². The summed E-state index contributed by atoms with van der Waals surface area (Å²) < 4.78 is 0. The zero-order chi connectivity index (χ0) is 10.7. The fourth-order valence-corrected chi connectivity index (χ4v) is 3.55. The zero-order valence-corrected chi connectivity index (χ0v) is 10.2. The molecule has 0 amide bonds. The van der Waals surface area contributed by atoms with Gasteiger partial charge in [-0.3, -0.25) is 0 Å². The molecular formula is C13H20OS. The van der Waals surface area contributed by atoms with E-state index in [1.54, 1.807) is 11.3 Å². The fraction of sp³-hybridized carbons (Fsp3) is 0.692. The molecule has 2 unspecified atom stereocenters. The lowest BCUT2D eigenvalue weighted by Gasteiger charge is -2.36. The van der Waals surface area contributed by atoms with Crippen LogP contribution in [0.2, 0.25) is 0 Å². The summed E-state index contributed by atoms with van der Waals surface area (Å²) in [6.07, 6.45) is 6.57. The maximum absolute atomic E-state index is 10.6. The average Bonchev–Trinajstić information content (AvgIpc) is 2.69. The molecule has 1 heterocycles. The molecule has 0 aliphatic heterocycles. The van der Waals surface area contributed by atoms with Gasteiger partial charge in [0.05, 0.1) is 5.60 Å². The second kappa shape index (κ2) is 4.67. The van der Waals surface area contributed by atoms with Gasteiger partial charge >= 0.3 is 0 Å². The molecule has 1 saturated carbocycles. The highest BCUT2D eigenvalue weighted by atomic mass is 32.1. The van der Waals surface area contributed by atoms with Crippen LogP contribution in [0.25, 0.3) is 0 Å². The maximum atomic E-state index is 10.6. The van der Waals surface area contributed by atoms with E-state index < -0.39 is 5.60 Å². The first-order valence-corrected chi connectivity index (χ1v) is 6.84. The molecule has 1 fully saturated rings. The SMILES string of the molecule is CCC1CCCC(O)(Cc2cccs2)C1. The molecule has 1 nitrogen and oxygen atoms in total. The first-order valence-electron chi connectivity index (χ1n) is 5.96. The Balaban J connectivity index is 1.99. The van der Waals surface area contributed by atoms with Crippen LogP contribution in [0.1, 0.15) is 43.9 Å². The van der Waals surface area contributed by atoms with Gasteiger partial charge in [-0.15, -0.1) is 11.3 Å². The minimum Gasteiger partial charge on any atom is -0.390 e. The minimum absolute atomic E-state index is 0.413. The van der Waals surface area contributed by atoms with Crippen molar-refractivity contribution in [1.82, 2.24) is 0 Å². The van der Waals surface area contributed by atoms with Crippen LogP contribution in [-0.2, 0) is 6.42 Å². The fourth-order valence-electron chi connectivity index (χ4n) is 2.71. The summed E-state index contributed by atoms with van der Waals surface area (Å²) in [5.74, 6) is 0.740. The minimum atomic E-state index is -0.413. The summed E-state index contributed by atoms with van der Waals surface area (Å²) in [5.41, 5.74) is -0.413. The summed E-state index contributed by atoms with van der Waals surface area (Å²) in [5, 5.41) is 12.6. The lowest BCUT2D eigenvalue weighted by Crippen LogP contribution is -2.37. The molecule has 0 saturated heterocycles. The van der Waals surface area contributed by atoms with Gasteiger partial charge in [0.15, 0.2) is 0 Å². The Morgan fingerprint density at radius 3 is 3.13 bits per heavy atom. The highest BCUT2D eigenvalue weighted by Gasteiger charge is 2.33. The molecule has 2 atom stereocenters. The number of hydrogen-bond donors (Lipinski definition) is 1. The number of hydrogen-bond acceptors (Lipinski definition) is 2. The summed E-state index contributed by atoms with van der Waals surface area (Å²) in [7, 11) is 0. The number of thiophene rings is 1. The first kappa shape index (κ1) is 11.2. The molecule has 1 aromatic rings. The zero-order valence-electron chi connectivity index (χ0n) is 9.41. The molecule has 15 heavy (non-hydrogen) atoms. The van der Waals surface area contributed by atoms with E-state index in [9.17, 15) is 5.11 Å². The monoisotopic (exact) mass is 224 g/mol. The predicted molar refractivity (Wildman–Crippen MR) is 65.2 cm³/mol. The second-order valence-electron chi connectivity index (χ2n) is 4.85. The third-order valence-electron chi connectivity index (χ3n) is 3.58. The lowest BCUT2D eigenvalue weighted by atomic mass is 9.75. The van der Waals surface area contributed by atoms with E-state index in [1.807, 2.05) is 0 Å². The molecule has 1 aliphatic carbocycles. The molecule has 1 N–H and O–H groups in total. The average molecular weight is 224 g/mol. The molecule has 2 rings (SSSR count). The van der Waals surface area contributed by atoms with Gasteiger partial charge in [-0.2, -0.15) is 0 Å². The summed E-state index contributed by atoms with van der Waals surface area (Å²) >= 11 is 1.76. The topological polar surface area (TPSA) is 20.2 Å². The quantitative estimate of drug-likeness (QED) is 0.831. The molecule has 2 heteroatoms. The smallest absolute Gasteiger partial charge is 0.0698 e. The van der Waals surface area contributed by atoms with Crippen molar-refractivity contribution in [2.45, 2.75) is 51.0 Å². The van der Waals surface area contributed by atoms with Crippen molar-refractivity contribution >= 4 is 11.3 Å². The van der Waals surface area contributed by atoms with Crippen LogP contribution in [0.5, 0.6) is 0 Å². The standard InChI is InChI=1S/C13H20OS/c1-2-11-5-3-7-13(14,9-11)10-12-6-4-8-15-12/h4,6,8,11,14H,2-3,5,7,9-10H2,1H3. The molecular weight excluding hydrogens is 204 g/mol. The highest BCUT2D eigenvalue weighted by Crippen LogP contribution is 2.36. The Bertz CT molecular complexity index is 293. The van der Waals surface area contributed by atoms with Gasteiger partial charge in [0.2, 0.25) is 0 Å². The molecule has 0 aromatic carbocycles. The van der Waals surface area contributed by atoms with Crippen LogP contribution in [0.3, 0.4) is 0 Å². The van der Waals surface area contributed by atoms with Crippen molar-refractivity contribution in [2.24, 2.45) is 5.92 Å². The van der Waals surface area contributed by atoms with Gasteiger partial charge in [0.25, 0.3) is 0 Å². The molecule has 84 valence electrons. The lowest BCUT2D eigenvalue weighted by molar-refractivity contribution is -0.0155. The molecule has 0 bridgehead atoms. The molecule has 0 radical (unpaired) electrons. The van der Waals surface area contributed by atoms with E-state index in [0.29, 0.717) is 0 Å². The van der Waals surface area contributed by atoms with Crippen LogP contribution < -0.4 is 0 Å². The van der Waals surface area contributed by atoms with Crippen molar-refractivity contribution < 1.29 is 5.11 Å². The third kappa shape index (κ3) is 2.82. The van der Waals surface area contributed by atoms with Gasteiger partial charge in [-0.05, 0) is 30.2 Å². The van der Waals surface area contributed by atoms with Crippen LogP contribution in [0, 0.1) is 5.92 Å². The molecule has 0 spiro atoms. The van der Waals surface area contributed by atoms with E-state index in [4.69, 9.17) is 0 Å². The van der Waals surface area contributed by atoms with Crippen LogP contribution >= 0.6 is 11.3 Å². The number of aliphatic hydroxyl groups is 1. The van der Waals surface area contributed by atoms with E-state index in [0.717, 1.165) is 25.2 Å². The summed E-state index contributed by atoms with van der Waals surface area (Å²) in [6.45, 7) is 2.24. The van der Waals surface area contributed by atoms with Crippen molar-refractivity contribution in [3.8, 4) is 0 Å².